The van der Waals surface area contributed by atoms with E-state index >= 15 is 0 Å². The molecular formula is C26H44KN2O6S2. The number of aromatic amines is 1. The summed E-state index contributed by atoms with van der Waals surface area (Å²) < 4.78 is 65.5. The van der Waals surface area contributed by atoms with Crippen molar-refractivity contribution in [1.29, 1.82) is 0 Å². The van der Waals surface area contributed by atoms with E-state index in [1.54, 1.807) is 0 Å². The van der Waals surface area contributed by atoms with E-state index in [0.29, 0.717) is 11.0 Å². The maximum Gasteiger partial charge on any atom is 0.294 e. The molecule has 1 aromatic heterocycles. The molecule has 1 unspecified atom stereocenters. The van der Waals surface area contributed by atoms with Gasteiger partial charge in [-0.05, 0) is 43.9 Å². The molecule has 1 atom stereocenters. The Hall–Kier alpha value is 0.146. The monoisotopic (exact) mass is 583 g/mol. The molecule has 2 aromatic rings. The minimum absolute atomic E-state index is 0. The van der Waals surface area contributed by atoms with Gasteiger partial charge >= 0.3 is 0 Å². The van der Waals surface area contributed by atoms with Gasteiger partial charge in [0.15, 0.2) is 0 Å². The quantitative estimate of drug-likeness (QED) is 0.101. The first-order valence-corrected chi connectivity index (χ1v) is 16.4. The summed E-state index contributed by atoms with van der Waals surface area (Å²) >= 11 is 0. The first kappa shape index (κ1) is 35.2. The van der Waals surface area contributed by atoms with Crippen molar-refractivity contribution in [3.8, 4) is 0 Å². The molecule has 0 bridgehead atoms. The summed E-state index contributed by atoms with van der Waals surface area (Å²) in [6.45, 7) is 3.60. The van der Waals surface area contributed by atoms with Crippen molar-refractivity contribution in [2.45, 2.75) is 127 Å². The van der Waals surface area contributed by atoms with Crippen molar-refractivity contribution in [3.05, 3.63) is 23.5 Å². The molecule has 1 radical (unpaired) electrons. The van der Waals surface area contributed by atoms with Crippen LogP contribution in [0.2, 0.25) is 0 Å². The first-order chi connectivity index (χ1) is 17.0. The van der Waals surface area contributed by atoms with Crippen molar-refractivity contribution in [2.75, 3.05) is 0 Å². The predicted octanol–water partition coefficient (Wildman–Crippen LogP) is 6.27. The standard InChI is InChI=1S/C26H44N2O6S2.K/c1-3-4-5-6-7-8-9-10-11-12-13-14-15-16-25-27-23-19-20-24(36(32,33)34)22(26(23)28-25)18-17-21(2)35(29,30)31;/h19-21H,3-18H2,1-2H3,(H,27,28)(H,29,30,31)(H,32,33,34);. The number of unbranched alkanes of at least 4 members (excludes halogenated alkanes) is 12. The van der Waals surface area contributed by atoms with Gasteiger partial charge in [0.25, 0.3) is 20.2 Å². The molecule has 3 N–H and O–H groups in total. The van der Waals surface area contributed by atoms with Crippen LogP contribution in [0.1, 0.15) is 115 Å². The van der Waals surface area contributed by atoms with Crippen LogP contribution >= 0.6 is 0 Å². The van der Waals surface area contributed by atoms with E-state index in [-0.39, 0.29) is 74.7 Å². The van der Waals surface area contributed by atoms with Gasteiger partial charge in [0.1, 0.15) is 5.82 Å². The van der Waals surface area contributed by atoms with Crippen LogP contribution in [0.25, 0.3) is 11.0 Å². The Kier molecular flexibility index (Phi) is 16.9. The Morgan fingerprint density at radius 3 is 1.81 bits per heavy atom. The van der Waals surface area contributed by atoms with Crippen molar-refractivity contribution in [2.24, 2.45) is 0 Å². The smallest absolute Gasteiger partial charge is 0.294 e. The first-order valence-electron chi connectivity index (χ1n) is 13.5. The Balaban J connectivity index is 0.00000684. The molecule has 11 heteroatoms. The van der Waals surface area contributed by atoms with E-state index in [1.807, 2.05) is 0 Å². The van der Waals surface area contributed by atoms with Crippen LogP contribution in [0.5, 0.6) is 0 Å². The molecule has 0 aliphatic rings. The molecule has 0 aliphatic heterocycles. The van der Waals surface area contributed by atoms with Crippen molar-refractivity contribution in [3.63, 3.8) is 0 Å². The average Bonchev–Trinajstić information content (AvgIpc) is 3.22. The molecule has 8 nitrogen and oxygen atoms in total. The molecule has 2 rings (SSSR count). The molecule has 0 spiro atoms. The number of H-pyrrole nitrogens is 1. The number of nitrogens with zero attached hydrogens (tertiary/aromatic N) is 1. The number of rotatable bonds is 19. The van der Waals surface area contributed by atoms with Gasteiger partial charge in [-0.1, -0.05) is 84.0 Å². The van der Waals surface area contributed by atoms with Gasteiger partial charge < -0.3 is 4.98 Å². The van der Waals surface area contributed by atoms with Crippen LogP contribution in [0.15, 0.2) is 17.0 Å². The number of hydrogen-bond acceptors (Lipinski definition) is 5. The molecule has 0 saturated carbocycles. The zero-order valence-corrected chi connectivity index (χ0v) is 27.6. The third-order valence-corrected chi connectivity index (χ3v) is 9.07. The zero-order chi connectivity index (χ0) is 26.6. The Bertz CT molecular complexity index is 1150. The van der Waals surface area contributed by atoms with E-state index in [9.17, 15) is 25.9 Å². The second-order valence-electron chi connectivity index (χ2n) is 9.95. The fourth-order valence-corrected chi connectivity index (χ4v) is 5.75. The third kappa shape index (κ3) is 12.9. The van der Waals surface area contributed by atoms with Crippen LogP contribution in [0.4, 0.5) is 0 Å². The predicted molar refractivity (Wildman–Crippen MR) is 150 cm³/mol. The van der Waals surface area contributed by atoms with Gasteiger partial charge in [0, 0.05) is 57.8 Å². The van der Waals surface area contributed by atoms with Crippen LogP contribution in [-0.4, -0.2) is 92.5 Å². The minimum atomic E-state index is -4.50. The average molecular weight is 584 g/mol. The summed E-state index contributed by atoms with van der Waals surface area (Å²) in [5, 5.41) is -1.06. The molecule has 1 heterocycles. The van der Waals surface area contributed by atoms with E-state index in [2.05, 4.69) is 16.9 Å². The van der Waals surface area contributed by atoms with E-state index < -0.39 is 25.5 Å². The largest absolute Gasteiger partial charge is 0.342 e. The van der Waals surface area contributed by atoms with E-state index in [0.717, 1.165) is 25.1 Å². The van der Waals surface area contributed by atoms with E-state index in [4.69, 9.17) is 0 Å². The maximum absolute atomic E-state index is 11.9. The van der Waals surface area contributed by atoms with Crippen molar-refractivity contribution < 1.29 is 25.9 Å². The summed E-state index contributed by atoms with van der Waals surface area (Å²) in [6.07, 6.45) is 17.3. The number of fused-ring (bicyclic) bond motifs is 1. The van der Waals surface area contributed by atoms with Crippen LogP contribution in [0.3, 0.4) is 0 Å². The number of aryl methyl sites for hydroxylation is 2. The SMILES string of the molecule is CCCCCCCCCCCCCCCc1nc2ccc(S(=O)(=O)O)c(CCC(C)S(=O)(=O)O)c2[nH]1.[K]. The third-order valence-electron chi connectivity index (χ3n) is 6.88. The molecule has 0 fully saturated rings. The molecule has 0 aliphatic carbocycles. The Morgan fingerprint density at radius 1 is 0.811 bits per heavy atom. The van der Waals surface area contributed by atoms with Gasteiger partial charge in [0.2, 0.25) is 0 Å². The summed E-state index contributed by atoms with van der Waals surface area (Å²) in [7, 11) is -8.74. The maximum atomic E-state index is 11.9. The van der Waals surface area contributed by atoms with Crippen molar-refractivity contribution in [1.82, 2.24) is 9.97 Å². The van der Waals surface area contributed by atoms with Gasteiger partial charge in [-0.3, -0.25) is 9.11 Å². The summed E-state index contributed by atoms with van der Waals surface area (Å²) in [5.41, 5.74) is 1.34. The zero-order valence-electron chi connectivity index (χ0n) is 22.8. The second kappa shape index (κ2) is 17.8. The summed E-state index contributed by atoms with van der Waals surface area (Å²) in [6, 6.07) is 2.83. The number of benzene rings is 1. The second-order valence-corrected chi connectivity index (χ2v) is 13.2. The number of nitrogens with one attached hydrogen (secondary N) is 1. The van der Waals surface area contributed by atoms with E-state index in [1.165, 1.54) is 89.7 Å². The number of imidazole rings is 1. The van der Waals surface area contributed by atoms with Crippen LogP contribution in [-0.2, 0) is 33.1 Å². The molecule has 1 aromatic carbocycles. The van der Waals surface area contributed by atoms with Gasteiger partial charge in [-0.2, -0.15) is 16.8 Å². The molecular weight excluding hydrogens is 540 g/mol. The van der Waals surface area contributed by atoms with Gasteiger partial charge in [-0.15, -0.1) is 0 Å². The summed E-state index contributed by atoms with van der Waals surface area (Å²) in [5.74, 6) is 0.740. The van der Waals surface area contributed by atoms with Crippen LogP contribution < -0.4 is 0 Å². The molecule has 0 saturated heterocycles. The number of aromatic nitrogens is 2. The van der Waals surface area contributed by atoms with Crippen LogP contribution in [0, 0.1) is 0 Å². The number of hydrogen-bond donors (Lipinski definition) is 3. The molecule has 0 amide bonds. The summed E-state index contributed by atoms with van der Waals surface area (Å²) in [4.78, 5) is 7.48. The Labute approximate surface area is 266 Å². The fraction of sp³-hybridized carbons (Fsp3) is 0.731. The topological polar surface area (TPSA) is 137 Å². The fourth-order valence-electron chi connectivity index (χ4n) is 4.58. The van der Waals surface area contributed by atoms with Crippen molar-refractivity contribution >= 4 is 82.7 Å². The Morgan fingerprint density at radius 2 is 1.32 bits per heavy atom. The molecule has 207 valence electrons. The van der Waals surface area contributed by atoms with Gasteiger partial charge in [-0.25, -0.2) is 4.98 Å². The minimum Gasteiger partial charge on any atom is -0.342 e. The normalized spacial score (nSPS) is 13.1. The molecule has 37 heavy (non-hydrogen) atoms. The van der Waals surface area contributed by atoms with Gasteiger partial charge in [0.05, 0.1) is 21.2 Å².